The van der Waals surface area contributed by atoms with Crippen LogP contribution in [0.1, 0.15) is 18.1 Å². The molecule has 0 unspecified atom stereocenters. The zero-order valence-electron chi connectivity index (χ0n) is 15.5. The largest absolute Gasteiger partial charge is 0.497 e. The number of ether oxygens (including phenoxy) is 3. The smallest absolute Gasteiger partial charge is 0.344 e. The van der Waals surface area contributed by atoms with Crippen LogP contribution in [0.5, 0.6) is 11.5 Å². The Kier molecular flexibility index (Phi) is 5.96. The molecule has 0 bridgehead atoms. The summed E-state index contributed by atoms with van der Waals surface area (Å²) in [6.07, 6.45) is -0.0365. The van der Waals surface area contributed by atoms with E-state index < -0.39 is 12.1 Å². The Bertz CT molecular complexity index is 802. The highest BCUT2D eigenvalue weighted by Gasteiger charge is 2.26. The van der Waals surface area contributed by atoms with Gasteiger partial charge in [0, 0.05) is 13.1 Å². The van der Waals surface area contributed by atoms with Crippen molar-refractivity contribution in [1.82, 2.24) is 4.90 Å². The van der Waals surface area contributed by atoms with Gasteiger partial charge >= 0.3 is 5.97 Å². The lowest BCUT2D eigenvalue weighted by molar-refractivity contribution is -0.161. The SMILES string of the molecule is COc1ccc(OCC(=O)O[C@H](C)C(=O)N2CCc3ccccc3C2)cc1. The van der Waals surface area contributed by atoms with Gasteiger partial charge in [0.15, 0.2) is 12.7 Å². The summed E-state index contributed by atoms with van der Waals surface area (Å²) in [6.45, 7) is 2.50. The molecule has 0 fully saturated rings. The zero-order chi connectivity index (χ0) is 19.2. The lowest BCUT2D eigenvalue weighted by atomic mass is 9.99. The molecule has 6 heteroatoms. The summed E-state index contributed by atoms with van der Waals surface area (Å²) in [5.41, 5.74) is 2.40. The number of benzene rings is 2. The number of carbonyl (C=O) groups is 2. The molecular formula is C21H23NO5. The summed E-state index contributed by atoms with van der Waals surface area (Å²) >= 11 is 0. The van der Waals surface area contributed by atoms with Gasteiger partial charge in [0.05, 0.1) is 7.11 Å². The van der Waals surface area contributed by atoms with Crippen LogP contribution in [0.2, 0.25) is 0 Å². The van der Waals surface area contributed by atoms with Gasteiger partial charge in [-0.1, -0.05) is 24.3 Å². The molecule has 0 aromatic heterocycles. The number of fused-ring (bicyclic) bond motifs is 1. The second-order valence-corrected chi connectivity index (χ2v) is 6.37. The summed E-state index contributed by atoms with van der Waals surface area (Å²) < 4.78 is 15.7. The van der Waals surface area contributed by atoms with Gasteiger partial charge < -0.3 is 19.1 Å². The Morgan fingerprint density at radius 2 is 1.70 bits per heavy atom. The minimum absolute atomic E-state index is 0.192. The van der Waals surface area contributed by atoms with Gasteiger partial charge in [0.2, 0.25) is 0 Å². The van der Waals surface area contributed by atoms with Crippen molar-refractivity contribution in [3.63, 3.8) is 0 Å². The van der Waals surface area contributed by atoms with Crippen LogP contribution in [-0.4, -0.2) is 43.1 Å². The summed E-state index contributed by atoms with van der Waals surface area (Å²) in [4.78, 5) is 26.3. The number of methoxy groups -OCH3 is 1. The van der Waals surface area contributed by atoms with E-state index in [1.807, 2.05) is 18.2 Å². The maximum atomic E-state index is 12.6. The summed E-state index contributed by atoms with van der Waals surface area (Å²) in [7, 11) is 1.58. The highest BCUT2D eigenvalue weighted by molar-refractivity contribution is 5.84. The van der Waals surface area contributed by atoms with Crippen molar-refractivity contribution in [3.05, 3.63) is 59.7 Å². The van der Waals surface area contributed by atoms with Crippen LogP contribution in [0.4, 0.5) is 0 Å². The first-order chi connectivity index (χ1) is 13.1. The molecule has 3 rings (SSSR count). The molecule has 6 nitrogen and oxygen atoms in total. The van der Waals surface area contributed by atoms with E-state index in [4.69, 9.17) is 14.2 Å². The molecule has 1 aliphatic heterocycles. The van der Waals surface area contributed by atoms with Crippen LogP contribution in [0.25, 0.3) is 0 Å². The summed E-state index contributed by atoms with van der Waals surface area (Å²) in [5.74, 6) is 0.456. The summed E-state index contributed by atoms with van der Waals surface area (Å²) in [6, 6.07) is 14.9. The van der Waals surface area contributed by atoms with Crippen LogP contribution in [-0.2, 0) is 27.3 Å². The molecule has 0 radical (unpaired) electrons. The monoisotopic (exact) mass is 369 g/mol. The van der Waals surface area contributed by atoms with Crippen molar-refractivity contribution in [2.75, 3.05) is 20.3 Å². The Hall–Kier alpha value is -3.02. The van der Waals surface area contributed by atoms with Crippen LogP contribution in [0, 0.1) is 0 Å². The van der Waals surface area contributed by atoms with Crippen molar-refractivity contribution in [1.29, 1.82) is 0 Å². The average molecular weight is 369 g/mol. The van der Waals surface area contributed by atoms with Gasteiger partial charge in [-0.3, -0.25) is 4.79 Å². The van der Waals surface area contributed by atoms with Crippen LogP contribution >= 0.6 is 0 Å². The molecule has 0 N–H and O–H groups in total. The molecule has 0 spiro atoms. The highest BCUT2D eigenvalue weighted by atomic mass is 16.6. The first-order valence-corrected chi connectivity index (χ1v) is 8.88. The second kappa shape index (κ2) is 8.58. The topological polar surface area (TPSA) is 65.1 Å². The molecular weight excluding hydrogens is 346 g/mol. The first kappa shape index (κ1) is 18.8. The van der Waals surface area contributed by atoms with E-state index in [0.717, 1.165) is 12.0 Å². The Balaban J connectivity index is 1.48. The number of hydrogen-bond acceptors (Lipinski definition) is 5. The molecule has 0 saturated heterocycles. The van der Waals surface area contributed by atoms with E-state index in [2.05, 4.69) is 6.07 Å². The van der Waals surface area contributed by atoms with E-state index in [1.54, 1.807) is 43.2 Å². The molecule has 0 aliphatic carbocycles. The number of nitrogens with zero attached hydrogens (tertiary/aromatic N) is 1. The Labute approximate surface area is 158 Å². The molecule has 2 aromatic rings. The van der Waals surface area contributed by atoms with Crippen molar-refractivity contribution >= 4 is 11.9 Å². The molecule has 1 heterocycles. The standard InChI is InChI=1S/C21H23NO5/c1-15(21(24)22-12-11-16-5-3-4-6-17(16)13-22)27-20(23)14-26-19-9-7-18(25-2)8-10-19/h3-10,15H,11-14H2,1-2H3/t15-/m1/s1. The first-order valence-electron chi connectivity index (χ1n) is 8.88. The van der Waals surface area contributed by atoms with Gasteiger partial charge in [0.25, 0.3) is 5.91 Å². The third-order valence-corrected chi connectivity index (χ3v) is 4.51. The van der Waals surface area contributed by atoms with E-state index in [-0.39, 0.29) is 12.5 Å². The van der Waals surface area contributed by atoms with E-state index in [1.165, 1.54) is 5.56 Å². The predicted molar refractivity (Wildman–Crippen MR) is 99.6 cm³/mol. The average Bonchev–Trinajstić information content (AvgIpc) is 2.71. The van der Waals surface area contributed by atoms with Crippen molar-refractivity contribution in [2.24, 2.45) is 0 Å². The third-order valence-electron chi connectivity index (χ3n) is 4.51. The number of carbonyl (C=O) groups excluding carboxylic acids is 2. The lowest BCUT2D eigenvalue weighted by Crippen LogP contribution is -2.43. The zero-order valence-corrected chi connectivity index (χ0v) is 15.5. The quantitative estimate of drug-likeness (QED) is 0.733. The third kappa shape index (κ3) is 4.78. The van der Waals surface area contributed by atoms with Gasteiger partial charge in [-0.25, -0.2) is 4.79 Å². The number of esters is 1. The Morgan fingerprint density at radius 1 is 1.04 bits per heavy atom. The fraction of sp³-hybridized carbons (Fsp3) is 0.333. The molecule has 27 heavy (non-hydrogen) atoms. The molecule has 1 amide bonds. The summed E-state index contributed by atoms with van der Waals surface area (Å²) in [5, 5.41) is 0. The van der Waals surface area contributed by atoms with Crippen LogP contribution < -0.4 is 9.47 Å². The maximum Gasteiger partial charge on any atom is 0.344 e. The maximum absolute atomic E-state index is 12.6. The number of hydrogen-bond donors (Lipinski definition) is 0. The van der Waals surface area contributed by atoms with Crippen LogP contribution in [0.3, 0.4) is 0 Å². The van der Waals surface area contributed by atoms with Crippen LogP contribution in [0.15, 0.2) is 48.5 Å². The molecule has 142 valence electrons. The highest BCUT2D eigenvalue weighted by Crippen LogP contribution is 2.20. The van der Waals surface area contributed by atoms with Gasteiger partial charge in [-0.15, -0.1) is 0 Å². The van der Waals surface area contributed by atoms with Gasteiger partial charge in [-0.05, 0) is 48.7 Å². The normalized spacial score (nSPS) is 14.1. The van der Waals surface area contributed by atoms with Crippen molar-refractivity contribution in [2.45, 2.75) is 26.0 Å². The fourth-order valence-electron chi connectivity index (χ4n) is 3.04. The second-order valence-electron chi connectivity index (χ2n) is 6.37. The molecule has 1 atom stereocenters. The minimum atomic E-state index is -0.845. The van der Waals surface area contributed by atoms with E-state index in [0.29, 0.717) is 24.6 Å². The number of rotatable bonds is 6. The number of amides is 1. The fourth-order valence-corrected chi connectivity index (χ4v) is 3.04. The predicted octanol–water partition coefficient (Wildman–Crippen LogP) is 2.59. The van der Waals surface area contributed by atoms with Crippen molar-refractivity contribution in [3.8, 4) is 11.5 Å². The minimum Gasteiger partial charge on any atom is -0.497 e. The lowest BCUT2D eigenvalue weighted by Gasteiger charge is -2.30. The van der Waals surface area contributed by atoms with E-state index in [9.17, 15) is 9.59 Å². The van der Waals surface area contributed by atoms with Crippen molar-refractivity contribution < 1.29 is 23.8 Å². The van der Waals surface area contributed by atoms with Gasteiger partial charge in [-0.2, -0.15) is 0 Å². The molecule has 1 aliphatic rings. The van der Waals surface area contributed by atoms with Gasteiger partial charge in [0.1, 0.15) is 11.5 Å². The van der Waals surface area contributed by atoms with E-state index >= 15 is 0 Å². The Morgan fingerprint density at radius 3 is 2.41 bits per heavy atom. The molecule has 2 aromatic carbocycles. The molecule has 0 saturated carbocycles.